The van der Waals surface area contributed by atoms with E-state index in [1.807, 2.05) is 6.07 Å². The molecule has 0 radical (unpaired) electrons. The van der Waals surface area contributed by atoms with Gasteiger partial charge in [0.1, 0.15) is 6.10 Å². The third-order valence-corrected chi connectivity index (χ3v) is 6.66. The Morgan fingerprint density at radius 1 is 1.43 bits per heavy atom. The lowest BCUT2D eigenvalue weighted by molar-refractivity contribution is -0.163. The third kappa shape index (κ3) is 2.09. The lowest BCUT2D eigenvalue weighted by atomic mass is 9.84. The van der Waals surface area contributed by atoms with Crippen molar-refractivity contribution in [3.63, 3.8) is 0 Å². The number of fused-ring (bicyclic) bond motifs is 1. The van der Waals surface area contributed by atoms with Crippen molar-refractivity contribution in [3.05, 3.63) is 12.2 Å². The lowest BCUT2D eigenvalue weighted by Crippen LogP contribution is -2.51. The average molecular weight is 341 g/mol. The van der Waals surface area contributed by atoms with Gasteiger partial charge in [-0.3, -0.25) is 4.18 Å². The Morgan fingerprint density at radius 2 is 2.13 bits per heavy atom. The maximum absolute atomic E-state index is 12.2. The van der Waals surface area contributed by atoms with Gasteiger partial charge >= 0.3 is 11.9 Å². The Kier molecular flexibility index (Phi) is 3.50. The van der Waals surface area contributed by atoms with Gasteiger partial charge in [-0.25, -0.2) is 9.59 Å². The Bertz CT molecular complexity index is 737. The van der Waals surface area contributed by atoms with Crippen molar-refractivity contribution in [2.75, 3.05) is 6.61 Å². The van der Waals surface area contributed by atoms with Gasteiger partial charge in [-0.05, 0) is 19.8 Å². The van der Waals surface area contributed by atoms with Gasteiger partial charge in [0.25, 0.3) is 10.1 Å². The van der Waals surface area contributed by atoms with Gasteiger partial charge in [0, 0.05) is 17.4 Å². The van der Waals surface area contributed by atoms with Crippen LogP contribution in [-0.2, 0) is 33.4 Å². The molecule has 1 heterocycles. The summed E-state index contributed by atoms with van der Waals surface area (Å²) in [6, 6.07) is 1.82. The van der Waals surface area contributed by atoms with Crippen molar-refractivity contribution in [2.45, 2.75) is 36.7 Å². The molecule has 0 amide bonds. The van der Waals surface area contributed by atoms with E-state index >= 15 is 0 Å². The predicted molar refractivity (Wildman–Crippen MR) is 74.0 cm³/mol. The number of nitrogens with zero attached hydrogens (tertiary/aromatic N) is 1. The molecule has 0 N–H and O–H groups in total. The molecule has 0 aromatic heterocycles. The molecular formula is C14H15NO7S. The van der Waals surface area contributed by atoms with E-state index in [-0.39, 0.29) is 11.5 Å². The predicted octanol–water partition coefficient (Wildman–Crippen LogP) is 0.0483. The van der Waals surface area contributed by atoms with Gasteiger partial charge in [0.05, 0.1) is 12.2 Å². The maximum atomic E-state index is 12.2. The molecule has 3 fully saturated rings. The molecule has 2 bridgehead atoms. The SMILES string of the molecule is C=C(C)C(=O)OCC(=O)OC1C2CC3OS(=O)(=O)C1(C#N)C3C2. The van der Waals surface area contributed by atoms with Gasteiger partial charge in [-0.15, -0.1) is 0 Å². The van der Waals surface area contributed by atoms with E-state index in [0.29, 0.717) is 12.8 Å². The van der Waals surface area contributed by atoms with Crippen molar-refractivity contribution < 1.29 is 31.7 Å². The van der Waals surface area contributed by atoms with Crippen LogP contribution >= 0.6 is 0 Å². The molecule has 23 heavy (non-hydrogen) atoms. The number of hydrogen-bond donors (Lipinski definition) is 0. The van der Waals surface area contributed by atoms with Crippen LogP contribution in [0.3, 0.4) is 0 Å². The van der Waals surface area contributed by atoms with Crippen LogP contribution < -0.4 is 0 Å². The second-order valence-corrected chi connectivity index (χ2v) is 7.87. The van der Waals surface area contributed by atoms with Crippen LogP contribution in [0.15, 0.2) is 12.2 Å². The molecule has 0 aromatic carbocycles. The largest absolute Gasteiger partial charge is 0.457 e. The highest BCUT2D eigenvalue weighted by Crippen LogP contribution is 2.61. The van der Waals surface area contributed by atoms with E-state index in [4.69, 9.17) is 8.92 Å². The number of rotatable bonds is 4. The van der Waals surface area contributed by atoms with E-state index in [9.17, 15) is 23.3 Å². The highest BCUT2D eigenvalue weighted by Gasteiger charge is 2.77. The Labute approximate surface area is 133 Å². The lowest BCUT2D eigenvalue weighted by Gasteiger charge is -2.30. The van der Waals surface area contributed by atoms with Crippen molar-refractivity contribution in [1.29, 1.82) is 5.26 Å². The number of carbonyl (C=O) groups is 2. The smallest absolute Gasteiger partial charge is 0.344 e. The average Bonchev–Trinajstić information content (AvgIpc) is 3.04. The Hall–Kier alpha value is -1.92. The minimum absolute atomic E-state index is 0.126. The Morgan fingerprint density at radius 3 is 2.74 bits per heavy atom. The molecule has 2 aliphatic carbocycles. The van der Waals surface area contributed by atoms with Crippen LogP contribution in [0, 0.1) is 23.2 Å². The zero-order valence-electron chi connectivity index (χ0n) is 12.4. The van der Waals surface area contributed by atoms with Gasteiger partial charge in [0.2, 0.25) is 4.75 Å². The molecule has 124 valence electrons. The van der Waals surface area contributed by atoms with Crippen molar-refractivity contribution in [1.82, 2.24) is 0 Å². The zero-order chi connectivity index (χ0) is 17.0. The summed E-state index contributed by atoms with van der Waals surface area (Å²) >= 11 is 0. The summed E-state index contributed by atoms with van der Waals surface area (Å²) in [6.45, 7) is 4.14. The van der Waals surface area contributed by atoms with Gasteiger partial charge in [-0.1, -0.05) is 6.58 Å². The normalized spacial score (nSPS) is 38.8. The fourth-order valence-corrected chi connectivity index (χ4v) is 5.74. The molecule has 0 aromatic rings. The quantitative estimate of drug-likeness (QED) is 0.399. The van der Waals surface area contributed by atoms with E-state index in [1.54, 1.807) is 0 Å². The van der Waals surface area contributed by atoms with Gasteiger partial charge in [-0.2, -0.15) is 13.7 Å². The van der Waals surface area contributed by atoms with Crippen molar-refractivity contribution in [2.24, 2.45) is 11.8 Å². The number of carbonyl (C=O) groups excluding carboxylic acids is 2. The zero-order valence-corrected chi connectivity index (χ0v) is 13.2. The monoisotopic (exact) mass is 341 g/mol. The molecular weight excluding hydrogens is 326 g/mol. The summed E-state index contributed by atoms with van der Waals surface area (Å²) < 4.78 is 37.6. The summed E-state index contributed by atoms with van der Waals surface area (Å²) in [5, 5.41) is 9.48. The molecule has 2 saturated carbocycles. The number of nitriles is 1. The molecule has 3 rings (SSSR count). The summed E-state index contributed by atoms with van der Waals surface area (Å²) in [5.74, 6) is -2.38. The molecule has 0 spiro atoms. The first kappa shape index (κ1) is 16.0. The molecule has 5 atom stereocenters. The summed E-state index contributed by atoms with van der Waals surface area (Å²) in [5.41, 5.74) is 0.126. The third-order valence-electron chi connectivity index (χ3n) is 4.71. The fourth-order valence-electron chi connectivity index (χ4n) is 3.78. The summed E-state index contributed by atoms with van der Waals surface area (Å²) in [6.07, 6.45) is -0.726. The first-order valence-electron chi connectivity index (χ1n) is 7.09. The first-order valence-corrected chi connectivity index (χ1v) is 8.50. The first-order chi connectivity index (χ1) is 10.7. The minimum Gasteiger partial charge on any atom is -0.457 e. The van der Waals surface area contributed by atoms with E-state index in [1.165, 1.54) is 6.92 Å². The second-order valence-electron chi connectivity index (χ2n) is 6.10. The van der Waals surface area contributed by atoms with Crippen LogP contribution in [0.1, 0.15) is 19.8 Å². The van der Waals surface area contributed by atoms with Crippen LogP contribution in [0.4, 0.5) is 0 Å². The molecule has 1 saturated heterocycles. The minimum atomic E-state index is -4.14. The van der Waals surface area contributed by atoms with Gasteiger partial charge < -0.3 is 9.47 Å². The highest BCUT2D eigenvalue weighted by atomic mass is 32.2. The maximum Gasteiger partial charge on any atom is 0.344 e. The number of esters is 2. The summed E-state index contributed by atoms with van der Waals surface area (Å²) in [4.78, 5) is 23.1. The van der Waals surface area contributed by atoms with E-state index < -0.39 is 51.5 Å². The molecule has 3 aliphatic rings. The molecule has 9 heteroatoms. The second kappa shape index (κ2) is 5.04. The summed E-state index contributed by atoms with van der Waals surface area (Å²) in [7, 11) is -4.14. The van der Waals surface area contributed by atoms with Crippen LogP contribution in [0.5, 0.6) is 0 Å². The number of hydrogen-bond acceptors (Lipinski definition) is 8. The van der Waals surface area contributed by atoms with Crippen LogP contribution in [-0.4, -0.2) is 43.9 Å². The molecule has 5 unspecified atom stereocenters. The fraction of sp³-hybridized carbons (Fsp3) is 0.643. The molecule has 1 aliphatic heterocycles. The van der Waals surface area contributed by atoms with E-state index in [2.05, 4.69) is 11.3 Å². The number of ether oxygens (including phenoxy) is 2. The topological polar surface area (TPSA) is 120 Å². The van der Waals surface area contributed by atoms with E-state index in [0.717, 1.165) is 0 Å². The Balaban J connectivity index is 1.76. The standard InChI is InChI=1S/C14H15NO7S/c1-7(2)13(17)20-5-11(16)21-12-8-3-9-10(4-8)22-23(18,19)14(9,12)6-15/h8-10,12H,1,3-5H2,2H3. The van der Waals surface area contributed by atoms with Crippen molar-refractivity contribution in [3.8, 4) is 6.07 Å². The highest BCUT2D eigenvalue weighted by molar-refractivity contribution is 7.88. The van der Waals surface area contributed by atoms with Crippen LogP contribution in [0.2, 0.25) is 0 Å². The van der Waals surface area contributed by atoms with Crippen LogP contribution in [0.25, 0.3) is 0 Å². The molecule has 8 nitrogen and oxygen atoms in total. The van der Waals surface area contributed by atoms with Gasteiger partial charge in [0.15, 0.2) is 6.61 Å². The van der Waals surface area contributed by atoms with Crippen molar-refractivity contribution >= 4 is 22.1 Å².